The molecule has 0 aromatic heterocycles. The molecule has 0 aliphatic carbocycles. The van der Waals surface area contributed by atoms with Crippen molar-refractivity contribution in [2.24, 2.45) is 0 Å². The smallest absolute Gasteiger partial charge is 0.329 e. The monoisotopic (exact) mass is 352 g/mol. The minimum absolute atomic E-state index is 0.139. The van der Waals surface area contributed by atoms with Crippen LogP contribution < -0.4 is 10.6 Å². The number of rotatable bonds is 7. The molecule has 0 spiro atoms. The Balaban J connectivity index is 1.64. The molecule has 5 nitrogen and oxygen atoms in total. The maximum Gasteiger partial charge on any atom is 0.329 e. The van der Waals surface area contributed by atoms with E-state index < -0.39 is 12.0 Å². The minimum atomic E-state index is -0.698. The van der Waals surface area contributed by atoms with Crippen LogP contribution in [-0.4, -0.2) is 30.5 Å². The Morgan fingerprint density at radius 1 is 1.04 bits per heavy atom. The van der Waals surface area contributed by atoms with Gasteiger partial charge in [-0.15, -0.1) is 0 Å². The molecule has 2 atom stereocenters. The van der Waals surface area contributed by atoms with Crippen molar-refractivity contribution in [3.63, 3.8) is 0 Å². The van der Waals surface area contributed by atoms with E-state index in [1.54, 1.807) is 0 Å². The van der Waals surface area contributed by atoms with Gasteiger partial charge in [-0.3, -0.25) is 4.79 Å². The molecular weight excluding hydrogens is 328 g/mol. The van der Waals surface area contributed by atoms with Crippen molar-refractivity contribution < 1.29 is 14.3 Å². The van der Waals surface area contributed by atoms with Gasteiger partial charge in [-0.1, -0.05) is 60.7 Å². The van der Waals surface area contributed by atoms with Crippen LogP contribution in [0.5, 0.6) is 0 Å². The molecular formula is C21H24N2O3. The van der Waals surface area contributed by atoms with Crippen molar-refractivity contribution in [2.45, 2.75) is 38.0 Å². The van der Waals surface area contributed by atoms with E-state index in [1.165, 1.54) is 0 Å². The van der Waals surface area contributed by atoms with E-state index in [4.69, 9.17) is 4.74 Å². The highest BCUT2D eigenvalue weighted by Crippen LogP contribution is 2.10. The molecule has 26 heavy (non-hydrogen) atoms. The van der Waals surface area contributed by atoms with Crippen molar-refractivity contribution in [3.8, 4) is 0 Å². The fraction of sp³-hybridized carbons (Fsp3) is 0.333. The molecule has 136 valence electrons. The second kappa shape index (κ2) is 9.15. The second-order valence-corrected chi connectivity index (χ2v) is 6.49. The van der Waals surface area contributed by atoms with Crippen LogP contribution in [0.15, 0.2) is 60.7 Å². The third kappa shape index (κ3) is 5.17. The average molecular weight is 352 g/mol. The van der Waals surface area contributed by atoms with Gasteiger partial charge >= 0.3 is 5.97 Å². The summed E-state index contributed by atoms with van der Waals surface area (Å²) in [4.78, 5) is 25.1. The Morgan fingerprint density at radius 3 is 2.31 bits per heavy atom. The van der Waals surface area contributed by atoms with Crippen molar-refractivity contribution in [1.29, 1.82) is 0 Å². The molecule has 2 aromatic carbocycles. The third-order valence-electron chi connectivity index (χ3n) is 4.48. The first kappa shape index (κ1) is 18.1. The summed E-state index contributed by atoms with van der Waals surface area (Å²) in [6.07, 6.45) is 2.18. The summed E-state index contributed by atoms with van der Waals surface area (Å²) in [5, 5.41) is 6.03. The SMILES string of the molecule is O=C(OCc1ccccc1)C(Cc1ccccc1)NC(=O)[C@@H]1CCCN1. The van der Waals surface area contributed by atoms with Gasteiger partial charge < -0.3 is 15.4 Å². The first-order valence-corrected chi connectivity index (χ1v) is 9.00. The molecule has 0 radical (unpaired) electrons. The molecule has 1 amide bonds. The number of hydrogen-bond donors (Lipinski definition) is 2. The predicted octanol–water partition coefficient (Wildman–Crippen LogP) is 2.21. The van der Waals surface area contributed by atoms with Crippen molar-refractivity contribution in [3.05, 3.63) is 71.8 Å². The Bertz CT molecular complexity index is 713. The lowest BCUT2D eigenvalue weighted by Gasteiger charge is -2.20. The van der Waals surface area contributed by atoms with Crippen molar-refractivity contribution in [1.82, 2.24) is 10.6 Å². The van der Waals surface area contributed by atoms with Crippen molar-refractivity contribution in [2.75, 3.05) is 6.54 Å². The number of hydrogen-bond acceptors (Lipinski definition) is 4. The molecule has 1 aliphatic rings. The molecule has 1 heterocycles. The zero-order valence-electron chi connectivity index (χ0n) is 14.7. The standard InChI is InChI=1S/C21H24N2O3/c24-20(18-12-7-13-22-18)23-19(14-16-8-3-1-4-9-16)21(25)26-15-17-10-5-2-6-11-17/h1-6,8-11,18-19,22H,7,12-15H2,(H,23,24)/t18-,19?/m0/s1. The number of amides is 1. The summed E-state index contributed by atoms with van der Waals surface area (Å²) in [7, 11) is 0. The lowest BCUT2D eigenvalue weighted by Crippen LogP contribution is -2.49. The van der Waals surface area contributed by atoms with Crippen LogP contribution in [0.4, 0.5) is 0 Å². The third-order valence-corrected chi connectivity index (χ3v) is 4.48. The summed E-state index contributed by atoms with van der Waals surface area (Å²) in [6.45, 7) is 1.03. The summed E-state index contributed by atoms with van der Waals surface area (Å²) in [5.74, 6) is -0.552. The molecule has 3 rings (SSSR count). The van der Waals surface area contributed by atoms with Gasteiger partial charge in [-0.2, -0.15) is 0 Å². The molecule has 1 fully saturated rings. The second-order valence-electron chi connectivity index (χ2n) is 6.49. The maximum atomic E-state index is 12.6. The van der Waals surface area contributed by atoms with E-state index in [1.807, 2.05) is 60.7 Å². The maximum absolute atomic E-state index is 12.6. The van der Waals surface area contributed by atoms with Gasteiger partial charge in [-0.25, -0.2) is 4.79 Å². The Morgan fingerprint density at radius 2 is 1.69 bits per heavy atom. The fourth-order valence-corrected chi connectivity index (χ4v) is 3.05. The summed E-state index contributed by atoms with van der Waals surface area (Å²) < 4.78 is 5.45. The van der Waals surface area contributed by atoms with Crippen LogP contribution in [0.3, 0.4) is 0 Å². The summed E-state index contributed by atoms with van der Waals surface area (Å²) in [5.41, 5.74) is 1.90. The van der Waals surface area contributed by atoms with Crippen LogP contribution in [0.2, 0.25) is 0 Å². The normalized spacial score (nSPS) is 17.5. The zero-order valence-corrected chi connectivity index (χ0v) is 14.7. The zero-order chi connectivity index (χ0) is 18.2. The lowest BCUT2D eigenvalue weighted by molar-refractivity contribution is -0.149. The van der Waals surface area contributed by atoms with Crippen LogP contribution in [0, 0.1) is 0 Å². The first-order chi connectivity index (χ1) is 12.7. The Labute approximate surface area is 153 Å². The van der Waals surface area contributed by atoms with Gasteiger partial charge in [0, 0.05) is 6.42 Å². The molecule has 2 aromatic rings. The highest BCUT2D eigenvalue weighted by molar-refractivity contribution is 5.87. The van der Waals surface area contributed by atoms with Crippen LogP contribution >= 0.6 is 0 Å². The van der Waals surface area contributed by atoms with E-state index in [0.717, 1.165) is 30.5 Å². The lowest BCUT2D eigenvalue weighted by atomic mass is 10.1. The van der Waals surface area contributed by atoms with Crippen LogP contribution in [-0.2, 0) is 27.4 Å². The van der Waals surface area contributed by atoms with E-state index in [-0.39, 0.29) is 18.6 Å². The van der Waals surface area contributed by atoms with Crippen LogP contribution in [0.25, 0.3) is 0 Å². The van der Waals surface area contributed by atoms with E-state index in [0.29, 0.717) is 6.42 Å². The minimum Gasteiger partial charge on any atom is -0.459 e. The Hall–Kier alpha value is -2.66. The van der Waals surface area contributed by atoms with E-state index >= 15 is 0 Å². The van der Waals surface area contributed by atoms with Gasteiger partial charge in [0.15, 0.2) is 0 Å². The number of esters is 1. The van der Waals surface area contributed by atoms with Crippen LogP contribution in [0.1, 0.15) is 24.0 Å². The number of carbonyl (C=O) groups is 2. The quantitative estimate of drug-likeness (QED) is 0.750. The molecule has 0 saturated carbocycles. The Kier molecular flexibility index (Phi) is 6.39. The van der Waals surface area contributed by atoms with E-state index in [9.17, 15) is 9.59 Å². The summed E-state index contributed by atoms with van der Waals surface area (Å²) >= 11 is 0. The van der Waals surface area contributed by atoms with Gasteiger partial charge in [0.05, 0.1) is 6.04 Å². The average Bonchev–Trinajstić information content (AvgIpc) is 3.22. The highest BCUT2D eigenvalue weighted by atomic mass is 16.5. The number of carbonyl (C=O) groups excluding carboxylic acids is 2. The van der Waals surface area contributed by atoms with Gasteiger partial charge in [0.25, 0.3) is 0 Å². The molecule has 0 bridgehead atoms. The molecule has 1 aliphatic heterocycles. The molecule has 1 unspecified atom stereocenters. The molecule has 5 heteroatoms. The van der Waals surface area contributed by atoms with E-state index in [2.05, 4.69) is 10.6 Å². The van der Waals surface area contributed by atoms with Crippen molar-refractivity contribution >= 4 is 11.9 Å². The number of nitrogens with one attached hydrogen (secondary N) is 2. The highest BCUT2D eigenvalue weighted by Gasteiger charge is 2.28. The largest absolute Gasteiger partial charge is 0.459 e. The first-order valence-electron chi connectivity index (χ1n) is 9.00. The van der Waals surface area contributed by atoms with Gasteiger partial charge in [0.2, 0.25) is 5.91 Å². The number of benzene rings is 2. The predicted molar refractivity (Wildman–Crippen MR) is 99.3 cm³/mol. The van der Waals surface area contributed by atoms with Gasteiger partial charge in [-0.05, 0) is 30.5 Å². The molecule has 2 N–H and O–H groups in total. The van der Waals surface area contributed by atoms with Gasteiger partial charge in [0.1, 0.15) is 12.6 Å². The molecule has 1 saturated heterocycles. The fourth-order valence-electron chi connectivity index (χ4n) is 3.05. The topological polar surface area (TPSA) is 67.4 Å². The summed E-state index contributed by atoms with van der Waals surface area (Å²) in [6, 6.07) is 18.2. The number of ether oxygens (including phenoxy) is 1.